The zero-order valence-electron chi connectivity index (χ0n) is 15.6. The van der Waals surface area contributed by atoms with Gasteiger partial charge in [-0.2, -0.15) is 13.2 Å². The molecule has 2 unspecified atom stereocenters. The van der Waals surface area contributed by atoms with Gasteiger partial charge in [0.15, 0.2) is 0 Å². The van der Waals surface area contributed by atoms with Crippen LogP contribution in [0, 0.1) is 23.6 Å². The minimum Gasteiger partial charge on any atom is -0.389 e. The average Bonchev–Trinajstić information content (AvgIpc) is 3.00. The summed E-state index contributed by atoms with van der Waals surface area (Å²) in [6.45, 7) is 1.66. The van der Waals surface area contributed by atoms with Crippen LogP contribution < -0.4 is 10.1 Å². The molecule has 1 amide bonds. The van der Waals surface area contributed by atoms with Crippen molar-refractivity contribution in [1.29, 1.82) is 0 Å². The number of piperidine rings is 1. The number of imidazole rings is 1. The molecule has 6 nitrogen and oxygen atoms in total. The number of benzene rings is 1. The molecular weight excluding hydrogens is 392 g/mol. The first kappa shape index (κ1) is 19.7. The predicted octanol–water partition coefficient (Wildman–Crippen LogP) is 3.04. The summed E-state index contributed by atoms with van der Waals surface area (Å²) in [5.41, 5.74) is -1.17. The minimum absolute atomic E-state index is 0.0738. The number of carbonyl (C=O) groups is 1. The number of ether oxygens (including phenoxy) is 1. The molecule has 156 valence electrons. The number of nitrogens with zero attached hydrogens (tertiary/aromatic N) is 3. The number of carbonyl (C=O) groups excluding carboxylic acids is 1. The number of rotatable bonds is 5. The van der Waals surface area contributed by atoms with Crippen LogP contribution in [0.4, 0.5) is 22.4 Å². The highest BCUT2D eigenvalue weighted by Gasteiger charge is 2.53. The van der Waals surface area contributed by atoms with Gasteiger partial charge in [0, 0.05) is 19.2 Å². The fraction of sp³-hybridized carbons (Fsp3) is 0.474. The maximum Gasteiger partial charge on any atom is 0.416 e. The summed E-state index contributed by atoms with van der Waals surface area (Å²) in [5.74, 6) is 0.343. The molecule has 1 saturated carbocycles. The summed E-state index contributed by atoms with van der Waals surface area (Å²) < 4.78 is 60.1. The van der Waals surface area contributed by atoms with Crippen molar-refractivity contribution in [2.45, 2.75) is 12.7 Å². The molecular formula is C19H20F4N4O2. The smallest absolute Gasteiger partial charge is 0.389 e. The number of fused-ring (bicyclic) bond motifs is 1. The van der Waals surface area contributed by atoms with Crippen LogP contribution in [-0.4, -0.2) is 40.2 Å². The number of aryl methyl sites for hydroxylation is 1. The van der Waals surface area contributed by atoms with E-state index in [9.17, 15) is 22.4 Å². The number of halogens is 4. The van der Waals surface area contributed by atoms with Gasteiger partial charge in [0.2, 0.25) is 5.88 Å². The number of alkyl halides is 3. The first-order valence-electron chi connectivity index (χ1n) is 9.23. The molecule has 4 rings (SSSR count). The lowest BCUT2D eigenvalue weighted by molar-refractivity contribution is -0.137. The molecule has 1 aliphatic carbocycles. The predicted molar refractivity (Wildman–Crippen MR) is 94.4 cm³/mol. The standard InChI is InChI=1S/C19H20F4N4O2/c1-26-9-17(25-10-26)29-18(28)27(8-15-13-5-24-6-14(13)15)7-11-4-12(19(21,22)23)2-3-16(11)20/h2-4,9-10,13-15,24H,5-8H2,1H3. The molecule has 2 heterocycles. The quantitative estimate of drug-likeness (QED) is 0.767. The van der Waals surface area contributed by atoms with E-state index in [4.69, 9.17) is 4.74 Å². The Hall–Kier alpha value is -2.62. The molecule has 1 saturated heterocycles. The van der Waals surface area contributed by atoms with Crippen LogP contribution in [0.1, 0.15) is 11.1 Å². The molecule has 10 heteroatoms. The van der Waals surface area contributed by atoms with Crippen molar-refractivity contribution >= 4 is 6.09 Å². The normalized spacial score (nSPS) is 23.0. The highest BCUT2D eigenvalue weighted by Crippen LogP contribution is 2.49. The molecule has 2 atom stereocenters. The Kier molecular flexibility index (Phi) is 4.97. The molecule has 0 bridgehead atoms. The number of amides is 1. The SMILES string of the molecule is Cn1cnc(OC(=O)N(Cc2cc(C(F)(F)F)ccc2F)CC2C3CNCC32)c1. The minimum atomic E-state index is -4.60. The molecule has 29 heavy (non-hydrogen) atoms. The summed E-state index contributed by atoms with van der Waals surface area (Å²) in [7, 11) is 1.71. The Morgan fingerprint density at radius 1 is 1.34 bits per heavy atom. The molecule has 1 aliphatic heterocycles. The fourth-order valence-corrected chi connectivity index (χ4v) is 3.95. The average molecular weight is 412 g/mol. The zero-order valence-corrected chi connectivity index (χ0v) is 15.6. The number of hydrogen-bond acceptors (Lipinski definition) is 4. The van der Waals surface area contributed by atoms with E-state index in [1.54, 1.807) is 11.6 Å². The number of hydrogen-bond donors (Lipinski definition) is 1. The van der Waals surface area contributed by atoms with Gasteiger partial charge in [-0.3, -0.25) is 0 Å². The Balaban J connectivity index is 1.54. The Morgan fingerprint density at radius 3 is 2.69 bits per heavy atom. The Morgan fingerprint density at radius 2 is 2.07 bits per heavy atom. The zero-order chi connectivity index (χ0) is 20.8. The van der Waals surface area contributed by atoms with E-state index in [1.165, 1.54) is 17.4 Å². The lowest BCUT2D eigenvalue weighted by atomic mass is 10.1. The molecule has 2 fully saturated rings. The van der Waals surface area contributed by atoms with E-state index in [0.717, 1.165) is 25.2 Å². The first-order valence-corrected chi connectivity index (χ1v) is 9.23. The van der Waals surface area contributed by atoms with Crippen LogP contribution in [-0.2, 0) is 19.8 Å². The topological polar surface area (TPSA) is 59.4 Å². The van der Waals surface area contributed by atoms with E-state index in [2.05, 4.69) is 10.3 Å². The van der Waals surface area contributed by atoms with Gasteiger partial charge < -0.3 is 19.5 Å². The van der Waals surface area contributed by atoms with Crippen LogP contribution in [0.15, 0.2) is 30.7 Å². The molecule has 1 aromatic carbocycles. The van der Waals surface area contributed by atoms with Crippen molar-refractivity contribution in [2.75, 3.05) is 19.6 Å². The van der Waals surface area contributed by atoms with Crippen LogP contribution in [0.25, 0.3) is 0 Å². The second-order valence-corrected chi connectivity index (χ2v) is 7.58. The second kappa shape index (κ2) is 7.33. The van der Waals surface area contributed by atoms with Crippen molar-refractivity contribution in [3.05, 3.63) is 47.7 Å². The van der Waals surface area contributed by atoms with E-state index in [-0.39, 0.29) is 23.9 Å². The van der Waals surface area contributed by atoms with E-state index in [0.29, 0.717) is 24.4 Å². The van der Waals surface area contributed by atoms with Crippen LogP contribution in [0.3, 0.4) is 0 Å². The van der Waals surface area contributed by atoms with Gasteiger partial charge in [0.1, 0.15) is 5.82 Å². The fourth-order valence-electron chi connectivity index (χ4n) is 3.95. The van der Waals surface area contributed by atoms with Gasteiger partial charge >= 0.3 is 12.3 Å². The van der Waals surface area contributed by atoms with Crippen LogP contribution in [0.5, 0.6) is 5.88 Å². The maximum absolute atomic E-state index is 14.2. The van der Waals surface area contributed by atoms with Crippen molar-refractivity contribution in [2.24, 2.45) is 24.8 Å². The third-order valence-electron chi connectivity index (χ3n) is 5.57. The third-order valence-corrected chi connectivity index (χ3v) is 5.57. The summed E-state index contributed by atoms with van der Waals surface area (Å²) in [6.07, 6.45) is -2.41. The summed E-state index contributed by atoms with van der Waals surface area (Å²) in [4.78, 5) is 17.9. The van der Waals surface area contributed by atoms with Gasteiger partial charge in [-0.25, -0.2) is 14.2 Å². The highest BCUT2D eigenvalue weighted by molar-refractivity contribution is 5.70. The van der Waals surface area contributed by atoms with Crippen molar-refractivity contribution in [3.63, 3.8) is 0 Å². The third kappa shape index (κ3) is 4.21. The summed E-state index contributed by atoms with van der Waals surface area (Å²) in [5, 5.41) is 3.25. The first-order chi connectivity index (χ1) is 13.7. The molecule has 0 spiro atoms. The number of nitrogens with one attached hydrogen (secondary N) is 1. The van der Waals surface area contributed by atoms with E-state index >= 15 is 0 Å². The van der Waals surface area contributed by atoms with Gasteiger partial charge in [-0.05, 0) is 49.0 Å². The second-order valence-electron chi connectivity index (χ2n) is 7.58. The molecule has 1 aromatic heterocycles. The lowest BCUT2D eigenvalue weighted by Gasteiger charge is -2.23. The lowest BCUT2D eigenvalue weighted by Crippen LogP contribution is -2.36. The van der Waals surface area contributed by atoms with Crippen LogP contribution >= 0.6 is 0 Å². The number of aromatic nitrogens is 2. The van der Waals surface area contributed by atoms with Gasteiger partial charge in [-0.1, -0.05) is 0 Å². The molecule has 0 radical (unpaired) electrons. The molecule has 2 aliphatic rings. The van der Waals surface area contributed by atoms with E-state index < -0.39 is 23.7 Å². The monoisotopic (exact) mass is 412 g/mol. The summed E-state index contributed by atoms with van der Waals surface area (Å²) in [6, 6.07) is 2.20. The van der Waals surface area contributed by atoms with Gasteiger partial charge in [-0.15, -0.1) is 0 Å². The van der Waals surface area contributed by atoms with Gasteiger partial charge in [0.25, 0.3) is 0 Å². The highest BCUT2D eigenvalue weighted by atomic mass is 19.4. The summed E-state index contributed by atoms with van der Waals surface area (Å²) >= 11 is 0. The molecule has 1 N–H and O–H groups in total. The van der Waals surface area contributed by atoms with Crippen LogP contribution in [0.2, 0.25) is 0 Å². The maximum atomic E-state index is 14.2. The largest absolute Gasteiger partial charge is 0.416 e. The molecule has 2 aromatic rings. The van der Waals surface area contributed by atoms with Gasteiger partial charge in [0.05, 0.1) is 24.6 Å². The van der Waals surface area contributed by atoms with Crippen molar-refractivity contribution in [1.82, 2.24) is 19.8 Å². The Bertz CT molecular complexity index is 904. The Labute approximate surface area is 164 Å². The van der Waals surface area contributed by atoms with E-state index in [1.807, 2.05) is 0 Å². The van der Waals surface area contributed by atoms with Crippen molar-refractivity contribution in [3.8, 4) is 5.88 Å². The van der Waals surface area contributed by atoms with Crippen molar-refractivity contribution < 1.29 is 27.1 Å².